The van der Waals surface area contributed by atoms with Gasteiger partial charge in [-0.25, -0.2) is 8.78 Å². The van der Waals surface area contributed by atoms with Gasteiger partial charge in [0.25, 0.3) is 5.92 Å². The Balaban J connectivity index is 1.45. The van der Waals surface area contributed by atoms with Crippen LogP contribution in [0.5, 0.6) is 0 Å². The molecule has 0 saturated heterocycles. The molecule has 0 radical (unpaired) electrons. The average Bonchev–Trinajstić information content (AvgIpc) is 2.65. The van der Waals surface area contributed by atoms with E-state index in [0.29, 0.717) is 13.1 Å². The van der Waals surface area contributed by atoms with Crippen LogP contribution in [-0.2, 0) is 24.1 Å². The summed E-state index contributed by atoms with van der Waals surface area (Å²) >= 11 is 0. The van der Waals surface area contributed by atoms with Gasteiger partial charge in [-0.05, 0) is 69.5 Å². The van der Waals surface area contributed by atoms with Gasteiger partial charge >= 0.3 is 5.97 Å². The maximum Gasteiger partial charge on any atom is 0.320 e. The van der Waals surface area contributed by atoms with Crippen molar-refractivity contribution in [3.8, 4) is 0 Å². The molecule has 3 rings (SSSR count). The van der Waals surface area contributed by atoms with Crippen LogP contribution in [0.2, 0.25) is 0 Å². The third-order valence-electron chi connectivity index (χ3n) is 5.99. The quantitative estimate of drug-likeness (QED) is 0.595. The SMILES string of the molecule is N[C@@H](CCN(CCCCc1ccc2c(n1)CCCC2)C1CC(F)(F)C1)C(=O)O. The van der Waals surface area contributed by atoms with Crippen molar-refractivity contribution in [2.45, 2.75) is 82.2 Å². The van der Waals surface area contributed by atoms with Crippen LogP contribution in [0.3, 0.4) is 0 Å². The number of carbonyl (C=O) groups is 1. The molecule has 28 heavy (non-hydrogen) atoms. The first-order valence-electron chi connectivity index (χ1n) is 10.4. The molecule has 0 aliphatic heterocycles. The Labute approximate surface area is 165 Å². The normalized spacial score (nSPS) is 19.9. The Morgan fingerprint density at radius 3 is 2.71 bits per heavy atom. The lowest BCUT2D eigenvalue weighted by atomic mass is 9.86. The highest BCUT2D eigenvalue weighted by Gasteiger charge is 2.47. The minimum absolute atomic E-state index is 0.137. The second kappa shape index (κ2) is 9.27. The molecule has 1 heterocycles. The number of alkyl halides is 2. The number of carboxylic acids is 1. The fourth-order valence-electron chi connectivity index (χ4n) is 4.18. The first-order chi connectivity index (χ1) is 13.3. The van der Waals surface area contributed by atoms with E-state index < -0.39 is 17.9 Å². The van der Waals surface area contributed by atoms with Crippen LogP contribution >= 0.6 is 0 Å². The molecule has 1 fully saturated rings. The van der Waals surface area contributed by atoms with E-state index in [1.807, 2.05) is 4.90 Å². The molecule has 0 bridgehead atoms. The predicted molar refractivity (Wildman–Crippen MR) is 104 cm³/mol. The first-order valence-corrected chi connectivity index (χ1v) is 10.4. The van der Waals surface area contributed by atoms with Crippen LogP contribution in [0.15, 0.2) is 12.1 Å². The van der Waals surface area contributed by atoms with Gasteiger partial charge in [-0.2, -0.15) is 0 Å². The highest BCUT2D eigenvalue weighted by molar-refractivity contribution is 5.72. The molecule has 2 aliphatic rings. The van der Waals surface area contributed by atoms with Gasteiger partial charge in [0, 0.05) is 36.8 Å². The molecule has 2 aliphatic carbocycles. The molecule has 1 atom stereocenters. The van der Waals surface area contributed by atoms with Crippen LogP contribution < -0.4 is 5.73 Å². The summed E-state index contributed by atoms with van der Waals surface area (Å²) in [5.41, 5.74) is 9.31. The van der Waals surface area contributed by atoms with Gasteiger partial charge in [0.05, 0.1) is 0 Å². The molecule has 0 aromatic carbocycles. The number of unbranched alkanes of at least 4 members (excludes halogenated alkanes) is 1. The number of rotatable bonds is 10. The van der Waals surface area contributed by atoms with E-state index in [-0.39, 0.29) is 25.3 Å². The van der Waals surface area contributed by atoms with Crippen molar-refractivity contribution in [2.75, 3.05) is 13.1 Å². The highest BCUT2D eigenvalue weighted by Crippen LogP contribution is 2.40. The summed E-state index contributed by atoms with van der Waals surface area (Å²) in [7, 11) is 0. The summed E-state index contributed by atoms with van der Waals surface area (Å²) in [6, 6.07) is 3.20. The number of fused-ring (bicyclic) bond motifs is 1. The molecule has 5 nitrogen and oxygen atoms in total. The number of nitrogens with two attached hydrogens (primary N) is 1. The average molecular weight is 395 g/mol. The smallest absolute Gasteiger partial charge is 0.320 e. The van der Waals surface area contributed by atoms with Crippen LogP contribution in [0.1, 0.15) is 61.9 Å². The standard InChI is InChI=1S/C21H31F2N3O2/c22-21(23)13-17(14-21)26(12-10-18(24)20(27)28)11-4-3-6-16-9-8-15-5-1-2-7-19(15)25-16/h8-9,17-18H,1-7,10-14,24H2,(H,27,28)/t18-/m0/s1. The van der Waals surface area contributed by atoms with E-state index in [0.717, 1.165) is 37.8 Å². The van der Waals surface area contributed by atoms with Crippen molar-refractivity contribution in [3.63, 3.8) is 0 Å². The van der Waals surface area contributed by atoms with Gasteiger partial charge in [0.2, 0.25) is 0 Å². The molecule has 1 aromatic rings. The number of carboxylic acid groups (broad SMARTS) is 1. The summed E-state index contributed by atoms with van der Waals surface area (Å²) in [5.74, 6) is -3.62. The van der Waals surface area contributed by atoms with Gasteiger partial charge in [0.1, 0.15) is 6.04 Å². The zero-order valence-corrected chi connectivity index (χ0v) is 16.4. The lowest BCUT2D eigenvalue weighted by Crippen LogP contribution is -2.52. The second-order valence-corrected chi connectivity index (χ2v) is 8.26. The molecule has 1 saturated carbocycles. The minimum atomic E-state index is -2.58. The van der Waals surface area contributed by atoms with E-state index in [1.54, 1.807) is 0 Å². The third-order valence-corrected chi connectivity index (χ3v) is 5.99. The molecule has 1 aromatic heterocycles. The lowest BCUT2D eigenvalue weighted by molar-refractivity contribution is -0.140. The second-order valence-electron chi connectivity index (χ2n) is 8.26. The number of nitrogens with zero attached hydrogens (tertiary/aromatic N) is 2. The summed E-state index contributed by atoms with van der Waals surface area (Å²) in [6.07, 6.45) is 7.36. The van der Waals surface area contributed by atoms with E-state index >= 15 is 0 Å². The van der Waals surface area contributed by atoms with Gasteiger partial charge in [-0.1, -0.05) is 6.07 Å². The molecule has 3 N–H and O–H groups in total. The van der Waals surface area contributed by atoms with Crippen molar-refractivity contribution in [2.24, 2.45) is 5.73 Å². The Bertz CT molecular complexity index is 676. The fraction of sp³-hybridized carbons (Fsp3) is 0.714. The Kier molecular flexibility index (Phi) is 6.99. The molecule has 0 spiro atoms. The van der Waals surface area contributed by atoms with Crippen LogP contribution in [-0.4, -0.2) is 52.1 Å². The van der Waals surface area contributed by atoms with Crippen LogP contribution in [0.4, 0.5) is 8.78 Å². The van der Waals surface area contributed by atoms with Crippen molar-refractivity contribution >= 4 is 5.97 Å². The van der Waals surface area contributed by atoms with Crippen molar-refractivity contribution in [1.82, 2.24) is 9.88 Å². The topological polar surface area (TPSA) is 79.5 Å². The summed E-state index contributed by atoms with van der Waals surface area (Å²) in [4.78, 5) is 17.7. The number of hydrogen-bond donors (Lipinski definition) is 2. The molecule has 156 valence electrons. The number of aliphatic carboxylic acids is 1. The zero-order valence-electron chi connectivity index (χ0n) is 16.4. The number of aryl methyl sites for hydroxylation is 3. The van der Waals surface area contributed by atoms with Gasteiger partial charge in [-0.3, -0.25) is 14.7 Å². The lowest BCUT2D eigenvalue weighted by Gasteiger charge is -2.43. The summed E-state index contributed by atoms with van der Waals surface area (Å²) in [6.45, 7) is 1.14. The summed E-state index contributed by atoms with van der Waals surface area (Å²) in [5, 5.41) is 8.94. The number of hydrogen-bond acceptors (Lipinski definition) is 4. The van der Waals surface area contributed by atoms with Crippen molar-refractivity contribution in [1.29, 1.82) is 0 Å². The van der Waals surface area contributed by atoms with Crippen molar-refractivity contribution in [3.05, 3.63) is 29.1 Å². The number of halogens is 2. The van der Waals surface area contributed by atoms with E-state index in [1.165, 1.54) is 24.1 Å². The van der Waals surface area contributed by atoms with Crippen LogP contribution in [0.25, 0.3) is 0 Å². The Morgan fingerprint density at radius 2 is 2.00 bits per heavy atom. The van der Waals surface area contributed by atoms with Gasteiger partial charge < -0.3 is 10.8 Å². The van der Waals surface area contributed by atoms with E-state index in [4.69, 9.17) is 15.8 Å². The highest BCUT2D eigenvalue weighted by atomic mass is 19.3. The fourth-order valence-corrected chi connectivity index (χ4v) is 4.18. The summed E-state index contributed by atoms with van der Waals surface area (Å²) < 4.78 is 26.5. The number of aromatic nitrogens is 1. The monoisotopic (exact) mass is 395 g/mol. The molecule has 7 heteroatoms. The molecule has 0 amide bonds. The Hall–Kier alpha value is -1.60. The first kappa shape index (κ1) is 21.1. The molecule has 0 unspecified atom stereocenters. The largest absolute Gasteiger partial charge is 0.480 e. The third kappa shape index (κ3) is 5.70. The predicted octanol–water partition coefficient (Wildman–Crippen LogP) is 3.18. The maximum absolute atomic E-state index is 13.3. The van der Waals surface area contributed by atoms with Gasteiger partial charge in [0.15, 0.2) is 0 Å². The van der Waals surface area contributed by atoms with E-state index in [2.05, 4.69) is 12.1 Å². The maximum atomic E-state index is 13.3. The molecular weight excluding hydrogens is 364 g/mol. The minimum Gasteiger partial charge on any atom is -0.480 e. The van der Waals surface area contributed by atoms with Crippen molar-refractivity contribution < 1.29 is 18.7 Å². The van der Waals surface area contributed by atoms with E-state index in [9.17, 15) is 13.6 Å². The molecular formula is C21H31F2N3O2. The number of pyridine rings is 1. The Morgan fingerprint density at radius 1 is 1.25 bits per heavy atom. The van der Waals surface area contributed by atoms with Gasteiger partial charge in [-0.15, -0.1) is 0 Å². The van der Waals surface area contributed by atoms with Crippen LogP contribution in [0, 0.1) is 0 Å². The zero-order chi connectivity index (χ0) is 20.1.